The van der Waals surface area contributed by atoms with Gasteiger partial charge in [0.1, 0.15) is 16.4 Å². The fraction of sp³-hybridized carbons (Fsp3) is 0.267. The average Bonchev–Trinajstić information content (AvgIpc) is 2.73. The third-order valence-corrected chi connectivity index (χ3v) is 4.18. The van der Waals surface area contributed by atoms with Gasteiger partial charge < -0.3 is 15.0 Å². The number of hydrogen-bond donors (Lipinski definition) is 2. The Hall–Kier alpha value is -1.49. The number of halogens is 2. The molecule has 0 aliphatic heterocycles. The minimum Gasteiger partial charge on any atom is -0.384 e. The molecule has 112 valence electrons. The average molecular weight is 327 g/mol. The summed E-state index contributed by atoms with van der Waals surface area (Å²) in [4.78, 5) is 12.1. The largest absolute Gasteiger partial charge is 0.384 e. The van der Waals surface area contributed by atoms with Gasteiger partial charge in [-0.1, -0.05) is 53.5 Å². The van der Waals surface area contributed by atoms with E-state index in [1.54, 1.807) is 14.0 Å². The van der Waals surface area contributed by atoms with E-state index in [1.165, 1.54) is 10.6 Å². The lowest BCUT2D eigenvalue weighted by molar-refractivity contribution is 0.0524. The molecule has 0 fully saturated rings. The topological polar surface area (TPSA) is 54.3 Å². The molecule has 1 atom stereocenters. The van der Waals surface area contributed by atoms with Crippen LogP contribution in [0.2, 0.25) is 10.2 Å². The van der Waals surface area contributed by atoms with Gasteiger partial charge in [0.25, 0.3) is 5.91 Å². The van der Waals surface area contributed by atoms with Crippen LogP contribution in [0.5, 0.6) is 0 Å². The normalized spacial score (nSPS) is 13.8. The highest BCUT2D eigenvalue weighted by atomic mass is 35.5. The van der Waals surface area contributed by atoms with Crippen molar-refractivity contribution in [1.82, 2.24) is 9.88 Å². The first-order valence-electron chi connectivity index (χ1n) is 6.40. The molecule has 2 N–H and O–H groups in total. The Morgan fingerprint density at radius 2 is 1.95 bits per heavy atom. The number of hydrogen-bond acceptors (Lipinski definition) is 2. The quantitative estimate of drug-likeness (QED) is 0.907. The molecule has 0 radical (unpaired) electrons. The maximum absolute atomic E-state index is 12.1. The highest BCUT2D eigenvalue weighted by Gasteiger charge is 2.24. The summed E-state index contributed by atoms with van der Waals surface area (Å²) in [5.41, 5.74) is -0.0857. The predicted molar refractivity (Wildman–Crippen MR) is 83.8 cm³/mol. The van der Waals surface area contributed by atoms with Gasteiger partial charge in [-0.2, -0.15) is 0 Å². The van der Waals surface area contributed by atoms with Crippen molar-refractivity contribution >= 4 is 29.1 Å². The number of amides is 1. The molecule has 0 bridgehead atoms. The smallest absolute Gasteiger partial charge is 0.268 e. The molecule has 21 heavy (non-hydrogen) atoms. The number of rotatable bonds is 4. The van der Waals surface area contributed by atoms with Gasteiger partial charge in [-0.25, -0.2) is 0 Å². The number of aliphatic hydroxyl groups is 1. The van der Waals surface area contributed by atoms with Gasteiger partial charge >= 0.3 is 0 Å². The van der Waals surface area contributed by atoms with Crippen molar-refractivity contribution < 1.29 is 9.90 Å². The summed E-state index contributed by atoms with van der Waals surface area (Å²) in [7, 11) is 1.65. The summed E-state index contributed by atoms with van der Waals surface area (Å²) in [6, 6.07) is 10.7. The number of benzene rings is 1. The Morgan fingerprint density at radius 1 is 1.33 bits per heavy atom. The van der Waals surface area contributed by atoms with E-state index in [0.717, 1.165) is 5.56 Å². The number of carbonyl (C=O) groups excluding carboxylic acids is 1. The first-order valence-corrected chi connectivity index (χ1v) is 7.15. The van der Waals surface area contributed by atoms with Crippen LogP contribution in [-0.4, -0.2) is 22.1 Å². The van der Waals surface area contributed by atoms with Crippen LogP contribution in [0.1, 0.15) is 23.0 Å². The van der Waals surface area contributed by atoms with Crippen LogP contribution in [0.3, 0.4) is 0 Å². The van der Waals surface area contributed by atoms with Gasteiger partial charge in [0.15, 0.2) is 0 Å². The molecule has 0 saturated carbocycles. The zero-order valence-corrected chi connectivity index (χ0v) is 13.2. The van der Waals surface area contributed by atoms with Crippen LogP contribution in [0, 0.1) is 0 Å². The van der Waals surface area contributed by atoms with Gasteiger partial charge in [-0.3, -0.25) is 4.79 Å². The lowest BCUT2D eigenvalue weighted by atomic mass is 9.96. The van der Waals surface area contributed by atoms with Crippen LogP contribution in [0.25, 0.3) is 0 Å². The van der Waals surface area contributed by atoms with Gasteiger partial charge in [-0.15, -0.1) is 0 Å². The molecule has 0 saturated heterocycles. The van der Waals surface area contributed by atoms with Crippen LogP contribution in [-0.2, 0) is 12.6 Å². The highest BCUT2D eigenvalue weighted by Crippen LogP contribution is 2.25. The fourth-order valence-corrected chi connectivity index (χ4v) is 2.38. The maximum Gasteiger partial charge on any atom is 0.268 e. The van der Waals surface area contributed by atoms with Crippen molar-refractivity contribution in [3.05, 3.63) is 57.8 Å². The minimum absolute atomic E-state index is 0.0796. The molecule has 2 rings (SSSR count). The molecular weight excluding hydrogens is 311 g/mol. The molecular formula is C15H16Cl2N2O2. The van der Waals surface area contributed by atoms with E-state index in [2.05, 4.69) is 5.32 Å². The summed E-state index contributed by atoms with van der Waals surface area (Å²) in [6.45, 7) is 1.73. The summed E-state index contributed by atoms with van der Waals surface area (Å²) in [5, 5.41) is 13.8. The molecule has 1 unspecified atom stereocenters. The van der Waals surface area contributed by atoms with Crippen molar-refractivity contribution in [3.63, 3.8) is 0 Å². The third-order valence-electron chi connectivity index (χ3n) is 3.34. The van der Waals surface area contributed by atoms with Crippen LogP contribution in [0.4, 0.5) is 0 Å². The molecule has 1 heterocycles. The predicted octanol–water partition coefficient (Wildman–Crippen LogP) is 2.97. The van der Waals surface area contributed by atoms with Gasteiger partial charge in [0.05, 0.1) is 11.6 Å². The molecule has 1 aromatic heterocycles. The molecule has 1 amide bonds. The zero-order chi connectivity index (χ0) is 15.6. The third kappa shape index (κ3) is 3.40. The standard InChI is InChI=1S/C15H16Cl2N2O2/c1-15(21,10-6-4-3-5-7-10)9-18-14(20)12-8-11(16)13(17)19(12)2/h3-8,21H,9H2,1-2H3,(H,18,20). The molecule has 4 nitrogen and oxygen atoms in total. The van der Waals surface area contributed by atoms with Gasteiger partial charge in [0.2, 0.25) is 0 Å². The number of carbonyl (C=O) groups is 1. The van der Waals surface area contributed by atoms with Crippen molar-refractivity contribution in [1.29, 1.82) is 0 Å². The van der Waals surface area contributed by atoms with Gasteiger partial charge in [-0.05, 0) is 18.6 Å². The monoisotopic (exact) mass is 326 g/mol. The van der Waals surface area contributed by atoms with Crippen LogP contribution < -0.4 is 5.32 Å². The van der Waals surface area contributed by atoms with Gasteiger partial charge in [0, 0.05) is 7.05 Å². The van der Waals surface area contributed by atoms with Crippen molar-refractivity contribution in [2.45, 2.75) is 12.5 Å². The van der Waals surface area contributed by atoms with Crippen LogP contribution in [0.15, 0.2) is 36.4 Å². The van der Waals surface area contributed by atoms with Crippen molar-refractivity contribution in [2.24, 2.45) is 7.05 Å². The maximum atomic E-state index is 12.1. The van der Waals surface area contributed by atoms with E-state index < -0.39 is 5.60 Å². The Morgan fingerprint density at radius 3 is 2.48 bits per heavy atom. The molecule has 0 spiro atoms. The lowest BCUT2D eigenvalue weighted by Gasteiger charge is -2.24. The molecule has 1 aromatic carbocycles. The second-order valence-electron chi connectivity index (χ2n) is 5.05. The first-order chi connectivity index (χ1) is 9.83. The SMILES string of the molecule is Cn1c(C(=O)NCC(C)(O)c2ccccc2)cc(Cl)c1Cl. The Kier molecular flexibility index (Phi) is 4.61. The summed E-state index contributed by atoms with van der Waals surface area (Å²) >= 11 is 11.8. The van der Waals surface area contributed by atoms with E-state index >= 15 is 0 Å². The van der Waals surface area contributed by atoms with E-state index in [0.29, 0.717) is 15.9 Å². The van der Waals surface area contributed by atoms with E-state index in [-0.39, 0.29) is 12.5 Å². The minimum atomic E-state index is -1.16. The number of nitrogens with zero attached hydrogens (tertiary/aromatic N) is 1. The highest BCUT2D eigenvalue weighted by molar-refractivity contribution is 6.41. The second-order valence-corrected chi connectivity index (χ2v) is 5.82. The Bertz CT molecular complexity index is 651. The Balaban J connectivity index is 2.09. The van der Waals surface area contributed by atoms with Crippen LogP contribution >= 0.6 is 23.2 Å². The summed E-state index contributed by atoms with van der Waals surface area (Å²) in [5.74, 6) is -0.345. The molecule has 6 heteroatoms. The Labute approximate surface area is 133 Å². The zero-order valence-electron chi connectivity index (χ0n) is 11.7. The van der Waals surface area contributed by atoms with E-state index in [9.17, 15) is 9.90 Å². The summed E-state index contributed by atoms with van der Waals surface area (Å²) < 4.78 is 1.50. The number of aromatic nitrogens is 1. The molecule has 2 aromatic rings. The van der Waals surface area contributed by atoms with E-state index in [4.69, 9.17) is 23.2 Å². The molecule has 0 aliphatic carbocycles. The van der Waals surface area contributed by atoms with Crippen molar-refractivity contribution in [2.75, 3.05) is 6.54 Å². The lowest BCUT2D eigenvalue weighted by Crippen LogP contribution is -2.39. The van der Waals surface area contributed by atoms with Crippen molar-refractivity contribution in [3.8, 4) is 0 Å². The van der Waals surface area contributed by atoms with E-state index in [1.807, 2.05) is 30.3 Å². The summed E-state index contributed by atoms with van der Waals surface area (Å²) in [6.07, 6.45) is 0. The number of nitrogens with one attached hydrogen (secondary N) is 1. The molecule has 0 aliphatic rings. The fourth-order valence-electron chi connectivity index (χ4n) is 2.00. The second kappa shape index (κ2) is 6.10. The first kappa shape index (κ1) is 15.9.